The Balaban J connectivity index is 1.81. The third-order valence-electron chi connectivity index (χ3n) is 3.14. The summed E-state index contributed by atoms with van der Waals surface area (Å²) in [7, 11) is 0. The molecule has 0 unspecified atom stereocenters. The van der Waals surface area contributed by atoms with Gasteiger partial charge < -0.3 is 5.32 Å². The molecule has 22 heavy (non-hydrogen) atoms. The van der Waals surface area contributed by atoms with Gasteiger partial charge in [0.05, 0.1) is 5.69 Å². The molecule has 1 N–H and O–H groups in total. The monoisotopic (exact) mass is 357 g/mol. The molecule has 0 bridgehead atoms. The number of carbonyl (C=O) groups is 1. The van der Waals surface area contributed by atoms with Crippen molar-refractivity contribution in [1.82, 2.24) is 20.2 Å². The summed E-state index contributed by atoms with van der Waals surface area (Å²) >= 11 is 3.36. The predicted molar refractivity (Wildman–Crippen MR) is 86.0 cm³/mol. The molecule has 7 heteroatoms. The molecule has 2 aromatic carbocycles. The van der Waals surface area contributed by atoms with E-state index in [0.717, 1.165) is 21.4 Å². The fraction of sp³-hybridized carbons (Fsp3) is 0.0667. The van der Waals surface area contributed by atoms with Crippen LogP contribution < -0.4 is 5.32 Å². The lowest BCUT2D eigenvalue weighted by molar-refractivity contribution is 0.102. The zero-order valence-corrected chi connectivity index (χ0v) is 13.3. The average molecular weight is 358 g/mol. The van der Waals surface area contributed by atoms with E-state index in [1.807, 2.05) is 37.3 Å². The lowest BCUT2D eigenvalue weighted by Gasteiger charge is -2.09. The van der Waals surface area contributed by atoms with Crippen LogP contribution in [0.5, 0.6) is 0 Å². The van der Waals surface area contributed by atoms with Crippen molar-refractivity contribution in [3.05, 3.63) is 64.4 Å². The summed E-state index contributed by atoms with van der Waals surface area (Å²) in [6, 6.07) is 12.8. The first-order valence-electron chi connectivity index (χ1n) is 6.54. The van der Waals surface area contributed by atoms with Gasteiger partial charge in [-0.3, -0.25) is 4.79 Å². The second-order valence-corrected chi connectivity index (χ2v) is 5.64. The van der Waals surface area contributed by atoms with Crippen LogP contribution in [0.4, 0.5) is 5.69 Å². The van der Waals surface area contributed by atoms with Gasteiger partial charge >= 0.3 is 0 Å². The molecule has 0 aliphatic rings. The SMILES string of the molecule is Cc1cc(NC(=O)c2cccc(Br)c2)ccc1-n1cnnn1. The van der Waals surface area contributed by atoms with Crippen molar-refractivity contribution in [2.75, 3.05) is 5.32 Å². The van der Waals surface area contributed by atoms with Gasteiger partial charge in [-0.2, -0.15) is 0 Å². The van der Waals surface area contributed by atoms with E-state index in [1.54, 1.807) is 16.8 Å². The summed E-state index contributed by atoms with van der Waals surface area (Å²) in [6.45, 7) is 1.94. The molecule has 6 nitrogen and oxygen atoms in total. The molecular formula is C15H12BrN5O. The second-order valence-electron chi connectivity index (χ2n) is 4.72. The first-order valence-corrected chi connectivity index (χ1v) is 7.34. The number of aryl methyl sites for hydroxylation is 1. The van der Waals surface area contributed by atoms with Gasteiger partial charge in [0, 0.05) is 15.7 Å². The summed E-state index contributed by atoms with van der Waals surface area (Å²) in [4.78, 5) is 12.2. The molecule has 0 radical (unpaired) electrons. The molecular weight excluding hydrogens is 346 g/mol. The largest absolute Gasteiger partial charge is 0.322 e. The van der Waals surface area contributed by atoms with Crippen molar-refractivity contribution >= 4 is 27.5 Å². The first kappa shape index (κ1) is 14.4. The Bertz CT molecular complexity index is 817. The van der Waals surface area contributed by atoms with Crippen molar-refractivity contribution in [2.24, 2.45) is 0 Å². The van der Waals surface area contributed by atoms with Gasteiger partial charge in [0.25, 0.3) is 5.91 Å². The summed E-state index contributed by atoms with van der Waals surface area (Å²) in [5, 5.41) is 14.0. The van der Waals surface area contributed by atoms with E-state index in [4.69, 9.17) is 0 Å². The number of tetrazole rings is 1. The summed E-state index contributed by atoms with van der Waals surface area (Å²) in [6.07, 6.45) is 1.53. The maximum atomic E-state index is 12.2. The van der Waals surface area contributed by atoms with E-state index in [2.05, 4.69) is 36.8 Å². The third-order valence-corrected chi connectivity index (χ3v) is 3.63. The number of benzene rings is 2. The number of nitrogens with zero attached hydrogens (tertiary/aromatic N) is 4. The summed E-state index contributed by atoms with van der Waals surface area (Å²) < 4.78 is 2.44. The number of nitrogens with one attached hydrogen (secondary N) is 1. The minimum Gasteiger partial charge on any atom is -0.322 e. The Morgan fingerprint density at radius 3 is 2.77 bits per heavy atom. The maximum absolute atomic E-state index is 12.2. The Morgan fingerprint density at radius 1 is 1.23 bits per heavy atom. The van der Waals surface area contributed by atoms with Gasteiger partial charge in [0.1, 0.15) is 6.33 Å². The number of amides is 1. The highest BCUT2D eigenvalue weighted by atomic mass is 79.9. The van der Waals surface area contributed by atoms with Crippen LogP contribution >= 0.6 is 15.9 Å². The van der Waals surface area contributed by atoms with Crippen molar-refractivity contribution in [3.63, 3.8) is 0 Å². The van der Waals surface area contributed by atoms with Crippen molar-refractivity contribution in [3.8, 4) is 5.69 Å². The van der Waals surface area contributed by atoms with Crippen LogP contribution in [0.3, 0.4) is 0 Å². The topological polar surface area (TPSA) is 72.7 Å². The molecule has 110 valence electrons. The molecule has 0 saturated carbocycles. The highest BCUT2D eigenvalue weighted by Crippen LogP contribution is 2.19. The zero-order chi connectivity index (χ0) is 15.5. The predicted octanol–water partition coefficient (Wildman–Crippen LogP) is 2.99. The highest BCUT2D eigenvalue weighted by Gasteiger charge is 2.08. The third kappa shape index (κ3) is 3.04. The van der Waals surface area contributed by atoms with Crippen LogP contribution in [0.25, 0.3) is 5.69 Å². The van der Waals surface area contributed by atoms with Crippen molar-refractivity contribution in [2.45, 2.75) is 6.92 Å². The summed E-state index contributed by atoms with van der Waals surface area (Å²) in [5.74, 6) is -0.157. The van der Waals surface area contributed by atoms with Crippen LogP contribution in [0, 0.1) is 6.92 Å². The first-order chi connectivity index (χ1) is 10.6. The van der Waals surface area contributed by atoms with E-state index in [9.17, 15) is 4.79 Å². The Labute approximate surface area is 135 Å². The highest BCUT2D eigenvalue weighted by molar-refractivity contribution is 9.10. The van der Waals surface area contributed by atoms with Crippen LogP contribution in [0.2, 0.25) is 0 Å². The van der Waals surface area contributed by atoms with E-state index in [0.29, 0.717) is 5.56 Å². The normalized spacial score (nSPS) is 10.5. The minimum absolute atomic E-state index is 0.157. The molecule has 1 aromatic heterocycles. The smallest absolute Gasteiger partial charge is 0.255 e. The zero-order valence-electron chi connectivity index (χ0n) is 11.7. The summed E-state index contributed by atoms with van der Waals surface area (Å²) in [5.41, 5.74) is 3.14. The van der Waals surface area contributed by atoms with Gasteiger partial charge in [-0.05, 0) is 59.3 Å². The second kappa shape index (κ2) is 6.07. The maximum Gasteiger partial charge on any atom is 0.255 e. The number of rotatable bonds is 3. The molecule has 0 spiro atoms. The molecule has 0 aliphatic carbocycles. The Kier molecular flexibility index (Phi) is 3.97. The van der Waals surface area contributed by atoms with Crippen LogP contribution in [-0.4, -0.2) is 26.1 Å². The van der Waals surface area contributed by atoms with Crippen LogP contribution in [-0.2, 0) is 0 Å². The number of halogens is 1. The standard InChI is InChI=1S/C15H12BrN5O/c1-10-7-13(5-6-14(10)21-9-17-19-20-21)18-15(22)11-3-2-4-12(16)8-11/h2-9H,1H3,(H,18,22). The number of hydrogen-bond donors (Lipinski definition) is 1. The molecule has 0 atom stereocenters. The number of hydrogen-bond acceptors (Lipinski definition) is 4. The molecule has 1 amide bonds. The van der Waals surface area contributed by atoms with Gasteiger partial charge in [-0.15, -0.1) is 5.10 Å². The fourth-order valence-corrected chi connectivity index (χ4v) is 2.49. The van der Waals surface area contributed by atoms with E-state index in [-0.39, 0.29) is 5.91 Å². The number of aromatic nitrogens is 4. The van der Waals surface area contributed by atoms with E-state index < -0.39 is 0 Å². The molecule has 0 aliphatic heterocycles. The Hall–Kier alpha value is -2.54. The van der Waals surface area contributed by atoms with Crippen molar-refractivity contribution < 1.29 is 4.79 Å². The van der Waals surface area contributed by atoms with Crippen LogP contribution in [0.1, 0.15) is 15.9 Å². The molecule has 3 rings (SSSR count). The fourth-order valence-electron chi connectivity index (χ4n) is 2.09. The lowest BCUT2D eigenvalue weighted by Crippen LogP contribution is -2.12. The van der Waals surface area contributed by atoms with E-state index >= 15 is 0 Å². The molecule has 0 fully saturated rings. The van der Waals surface area contributed by atoms with Crippen molar-refractivity contribution in [1.29, 1.82) is 0 Å². The number of anilines is 1. The molecule has 0 saturated heterocycles. The Morgan fingerprint density at radius 2 is 2.09 bits per heavy atom. The van der Waals surface area contributed by atoms with Gasteiger partial charge in [0.15, 0.2) is 0 Å². The lowest BCUT2D eigenvalue weighted by atomic mass is 10.1. The minimum atomic E-state index is -0.157. The average Bonchev–Trinajstić information content (AvgIpc) is 3.01. The van der Waals surface area contributed by atoms with Gasteiger partial charge in [0.2, 0.25) is 0 Å². The van der Waals surface area contributed by atoms with Gasteiger partial charge in [-0.25, -0.2) is 4.68 Å². The van der Waals surface area contributed by atoms with E-state index in [1.165, 1.54) is 6.33 Å². The quantitative estimate of drug-likeness (QED) is 0.781. The molecule has 1 heterocycles. The van der Waals surface area contributed by atoms with Crippen LogP contribution in [0.15, 0.2) is 53.3 Å². The number of carbonyl (C=O) groups excluding carboxylic acids is 1. The molecule has 3 aromatic rings. The van der Waals surface area contributed by atoms with Gasteiger partial charge in [-0.1, -0.05) is 22.0 Å².